The van der Waals surface area contributed by atoms with Crippen LogP contribution in [-0.4, -0.2) is 22.2 Å². The minimum atomic E-state index is -1.66. The molecule has 100 valence electrons. The van der Waals surface area contributed by atoms with Gasteiger partial charge in [-0.1, -0.05) is 47.5 Å². The van der Waals surface area contributed by atoms with Gasteiger partial charge in [0.2, 0.25) is 0 Å². The van der Waals surface area contributed by atoms with Crippen LogP contribution < -0.4 is 0 Å². The van der Waals surface area contributed by atoms with Gasteiger partial charge in [-0.15, -0.1) is 0 Å². The van der Waals surface area contributed by atoms with E-state index in [0.717, 1.165) is 0 Å². The second kappa shape index (κ2) is 5.52. The third kappa shape index (κ3) is 2.99. The van der Waals surface area contributed by atoms with Gasteiger partial charge in [0.1, 0.15) is 0 Å². The van der Waals surface area contributed by atoms with Crippen LogP contribution >= 0.6 is 0 Å². The maximum atomic E-state index is 11.5. The molecule has 4 nitrogen and oxygen atoms in total. The number of hydrogen-bond acceptors (Lipinski definition) is 2. The molecule has 0 rings (SSSR count). The molecular formula is C13H24O4. The van der Waals surface area contributed by atoms with Crippen LogP contribution in [0.4, 0.5) is 0 Å². The predicted octanol–water partition coefficient (Wildman–Crippen LogP) is 3.01. The number of rotatable bonds is 6. The number of carboxylic acids is 2. The normalized spacial score (nSPS) is 14.4. The lowest BCUT2D eigenvalue weighted by atomic mass is 9.61. The van der Waals surface area contributed by atoms with E-state index in [0.29, 0.717) is 12.8 Å². The first-order chi connectivity index (χ1) is 7.64. The van der Waals surface area contributed by atoms with E-state index >= 15 is 0 Å². The van der Waals surface area contributed by atoms with Gasteiger partial charge in [0.05, 0.1) is 0 Å². The zero-order valence-electron chi connectivity index (χ0n) is 11.4. The zero-order valence-corrected chi connectivity index (χ0v) is 11.4. The summed E-state index contributed by atoms with van der Waals surface area (Å²) in [6, 6.07) is 0. The average Bonchev–Trinajstić information content (AvgIpc) is 2.14. The maximum Gasteiger partial charge on any atom is 0.321 e. The van der Waals surface area contributed by atoms with Gasteiger partial charge in [-0.25, -0.2) is 0 Å². The number of carboxylic acid groups (broad SMARTS) is 2. The van der Waals surface area contributed by atoms with Crippen LogP contribution in [0.3, 0.4) is 0 Å². The van der Waals surface area contributed by atoms with Gasteiger partial charge in [-0.3, -0.25) is 9.59 Å². The molecule has 0 bridgehead atoms. The average molecular weight is 244 g/mol. The van der Waals surface area contributed by atoms with Crippen molar-refractivity contribution in [2.45, 2.75) is 53.9 Å². The fourth-order valence-electron chi connectivity index (χ4n) is 2.87. The van der Waals surface area contributed by atoms with Crippen LogP contribution in [0.25, 0.3) is 0 Å². The molecule has 1 unspecified atom stereocenters. The number of hydrogen-bond donors (Lipinski definition) is 2. The minimum Gasteiger partial charge on any atom is -0.480 e. The molecule has 0 aliphatic carbocycles. The summed E-state index contributed by atoms with van der Waals surface area (Å²) in [4.78, 5) is 23.0. The lowest BCUT2D eigenvalue weighted by Crippen LogP contribution is -2.50. The number of aliphatic carboxylic acids is 2. The predicted molar refractivity (Wildman–Crippen MR) is 65.8 cm³/mol. The number of carbonyl (C=O) groups is 2. The fourth-order valence-corrected chi connectivity index (χ4v) is 2.87. The summed E-state index contributed by atoms with van der Waals surface area (Å²) < 4.78 is 0. The van der Waals surface area contributed by atoms with Crippen LogP contribution in [0.5, 0.6) is 0 Å². The Bertz CT molecular complexity index is 274. The van der Waals surface area contributed by atoms with Gasteiger partial charge in [0, 0.05) is 0 Å². The highest BCUT2D eigenvalue weighted by atomic mass is 16.4. The first kappa shape index (κ1) is 15.9. The Balaban J connectivity index is 5.71. The van der Waals surface area contributed by atoms with Crippen molar-refractivity contribution >= 4 is 11.9 Å². The summed E-state index contributed by atoms with van der Waals surface area (Å²) in [5.74, 6) is -2.81. The minimum absolute atomic E-state index is 0.174. The third-order valence-electron chi connectivity index (χ3n) is 3.46. The van der Waals surface area contributed by atoms with Gasteiger partial charge < -0.3 is 10.2 Å². The second-order valence-corrected chi connectivity index (χ2v) is 5.66. The summed E-state index contributed by atoms with van der Waals surface area (Å²) >= 11 is 0. The highest BCUT2D eigenvalue weighted by Gasteiger charge is 2.54. The van der Waals surface area contributed by atoms with E-state index in [1.807, 2.05) is 34.6 Å². The Morgan fingerprint density at radius 1 is 1.06 bits per heavy atom. The zero-order chi connectivity index (χ0) is 13.9. The standard InChI is InChI=1S/C13H24O4/c1-6-8-13(10(14)15,11(16)17)9(7-2)12(3,4)5/h9H,6-8H2,1-5H3,(H,14,15)(H,16,17). The van der Waals surface area contributed by atoms with E-state index in [2.05, 4.69) is 0 Å². The molecule has 0 aliphatic heterocycles. The van der Waals surface area contributed by atoms with Crippen molar-refractivity contribution in [3.63, 3.8) is 0 Å². The summed E-state index contributed by atoms with van der Waals surface area (Å²) in [6.45, 7) is 9.37. The first-order valence-electron chi connectivity index (χ1n) is 6.11. The second-order valence-electron chi connectivity index (χ2n) is 5.66. The molecule has 0 spiro atoms. The topological polar surface area (TPSA) is 74.6 Å². The molecule has 0 fully saturated rings. The van der Waals surface area contributed by atoms with E-state index in [1.165, 1.54) is 0 Å². The third-order valence-corrected chi connectivity index (χ3v) is 3.46. The largest absolute Gasteiger partial charge is 0.480 e. The van der Waals surface area contributed by atoms with Crippen LogP contribution in [-0.2, 0) is 9.59 Å². The molecule has 0 radical (unpaired) electrons. The Labute approximate surface area is 103 Å². The Hall–Kier alpha value is -1.06. The molecule has 4 heteroatoms. The fraction of sp³-hybridized carbons (Fsp3) is 0.846. The summed E-state index contributed by atoms with van der Waals surface area (Å²) in [5.41, 5.74) is -2.01. The molecular weight excluding hydrogens is 220 g/mol. The molecule has 0 saturated carbocycles. The van der Waals surface area contributed by atoms with Crippen molar-refractivity contribution in [2.24, 2.45) is 16.7 Å². The molecule has 0 aromatic carbocycles. The summed E-state index contributed by atoms with van der Waals surface area (Å²) in [6.07, 6.45) is 1.26. The van der Waals surface area contributed by atoms with Crippen molar-refractivity contribution in [1.29, 1.82) is 0 Å². The van der Waals surface area contributed by atoms with Gasteiger partial charge in [-0.05, 0) is 17.8 Å². The van der Waals surface area contributed by atoms with E-state index < -0.39 is 17.4 Å². The Morgan fingerprint density at radius 3 is 1.65 bits per heavy atom. The molecule has 0 saturated heterocycles. The highest BCUT2D eigenvalue weighted by molar-refractivity contribution is 5.98. The van der Waals surface area contributed by atoms with Crippen molar-refractivity contribution in [2.75, 3.05) is 0 Å². The van der Waals surface area contributed by atoms with Crippen LogP contribution in [0.1, 0.15) is 53.9 Å². The summed E-state index contributed by atoms with van der Waals surface area (Å²) in [7, 11) is 0. The molecule has 17 heavy (non-hydrogen) atoms. The van der Waals surface area contributed by atoms with Gasteiger partial charge in [0.15, 0.2) is 5.41 Å². The van der Waals surface area contributed by atoms with E-state index in [4.69, 9.17) is 0 Å². The molecule has 0 aliphatic rings. The maximum absolute atomic E-state index is 11.5. The summed E-state index contributed by atoms with van der Waals surface area (Å²) in [5, 5.41) is 18.8. The van der Waals surface area contributed by atoms with Crippen LogP contribution in [0.15, 0.2) is 0 Å². The molecule has 0 aromatic rings. The van der Waals surface area contributed by atoms with Crippen LogP contribution in [0.2, 0.25) is 0 Å². The lowest BCUT2D eigenvalue weighted by Gasteiger charge is -2.41. The van der Waals surface area contributed by atoms with Gasteiger partial charge in [-0.2, -0.15) is 0 Å². The quantitative estimate of drug-likeness (QED) is 0.704. The van der Waals surface area contributed by atoms with Crippen molar-refractivity contribution in [3.05, 3.63) is 0 Å². The monoisotopic (exact) mass is 244 g/mol. The molecule has 1 atom stereocenters. The highest BCUT2D eigenvalue weighted by Crippen LogP contribution is 2.46. The lowest BCUT2D eigenvalue weighted by molar-refractivity contribution is -0.174. The Morgan fingerprint density at radius 2 is 1.47 bits per heavy atom. The SMILES string of the molecule is CCCC(C(=O)O)(C(=O)O)C(CC)C(C)(C)C. The molecule has 2 N–H and O–H groups in total. The van der Waals surface area contributed by atoms with E-state index in [9.17, 15) is 19.8 Å². The smallest absolute Gasteiger partial charge is 0.321 e. The van der Waals surface area contributed by atoms with Crippen molar-refractivity contribution in [3.8, 4) is 0 Å². The first-order valence-corrected chi connectivity index (χ1v) is 6.11. The van der Waals surface area contributed by atoms with Gasteiger partial charge >= 0.3 is 11.9 Å². The van der Waals surface area contributed by atoms with E-state index in [1.54, 1.807) is 0 Å². The van der Waals surface area contributed by atoms with Crippen molar-refractivity contribution in [1.82, 2.24) is 0 Å². The van der Waals surface area contributed by atoms with Crippen LogP contribution in [0, 0.1) is 16.7 Å². The molecule has 0 aromatic heterocycles. The molecule has 0 heterocycles. The molecule has 0 amide bonds. The van der Waals surface area contributed by atoms with Crippen molar-refractivity contribution < 1.29 is 19.8 Å². The Kier molecular flexibility index (Phi) is 5.17. The van der Waals surface area contributed by atoms with E-state index in [-0.39, 0.29) is 17.8 Å². The van der Waals surface area contributed by atoms with Gasteiger partial charge in [0.25, 0.3) is 0 Å².